The number of rotatable bonds is 5. The minimum Gasteiger partial charge on any atom is -0.376 e. The monoisotopic (exact) mass is 320 g/mol. The van der Waals surface area contributed by atoms with Crippen molar-refractivity contribution in [3.63, 3.8) is 0 Å². The van der Waals surface area contributed by atoms with E-state index in [0.717, 1.165) is 45.4 Å². The molecule has 0 aromatic heterocycles. The van der Waals surface area contributed by atoms with Gasteiger partial charge in [0.1, 0.15) is 6.10 Å². The molecule has 1 amide bonds. The molecule has 1 N–H and O–H groups in total. The van der Waals surface area contributed by atoms with Crippen LogP contribution in [0.1, 0.15) is 39.0 Å². The van der Waals surface area contributed by atoms with Crippen molar-refractivity contribution >= 4 is 18.3 Å². The second-order valence-corrected chi connectivity index (χ2v) is 5.88. The molecule has 124 valence electrons. The fraction of sp³-hybridized carbons (Fsp3) is 0.933. The van der Waals surface area contributed by atoms with Crippen molar-refractivity contribution < 1.29 is 14.3 Å². The number of piperidine rings is 1. The molecule has 3 atom stereocenters. The van der Waals surface area contributed by atoms with Crippen molar-refractivity contribution in [3.05, 3.63) is 0 Å². The van der Waals surface area contributed by atoms with Gasteiger partial charge in [-0.3, -0.25) is 4.79 Å². The molecule has 2 aliphatic heterocycles. The predicted octanol–water partition coefficient (Wildman–Crippen LogP) is 1.59. The van der Waals surface area contributed by atoms with Crippen LogP contribution >= 0.6 is 12.4 Å². The summed E-state index contributed by atoms with van der Waals surface area (Å²) in [6, 6.07) is 0.418. The molecule has 0 saturated carbocycles. The van der Waals surface area contributed by atoms with Crippen LogP contribution in [0.25, 0.3) is 0 Å². The van der Waals surface area contributed by atoms with Crippen LogP contribution in [0.5, 0.6) is 0 Å². The number of halogens is 1. The number of nitrogens with one attached hydrogen (secondary N) is 1. The van der Waals surface area contributed by atoms with E-state index in [4.69, 9.17) is 9.47 Å². The van der Waals surface area contributed by atoms with Gasteiger partial charge in [0.25, 0.3) is 5.91 Å². The van der Waals surface area contributed by atoms with Gasteiger partial charge in [-0.05, 0) is 46.1 Å². The van der Waals surface area contributed by atoms with E-state index < -0.39 is 0 Å². The molecule has 0 radical (unpaired) electrons. The Morgan fingerprint density at radius 2 is 2.19 bits per heavy atom. The number of carbonyl (C=O) groups excluding carboxylic acids is 1. The minimum absolute atomic E-state index is 0. The second-order valence-electron chi connectivity index (χ2n) is 5.88. The first kappa shape index (κ1) is 18.7. The number of hydrogen-bond acceptors (Lipinski definition) is 4. The number of ether oxygens (including phenoxy) is 2. The van der Waals surface area contributed by atoms with Crippen molar-refractivity contribution in [2.45, 2.75) is 57.3 Å². The van der Waals surface area contributed by atoms with E-state index in [1.54, 1.807) is 0 Å². The van der Waals surface area contributed by atoms with Crippen molar-refractivity contribution in [2.24, 2.45) is 0 Å². The summed E-state index contributed by atoms with van der Waals surface area (Å²) >= 11 is 0. The fourth-order valence-electron chi connectivity index (χ4n) is 2.93. The van der Waals surface area contributed by atoms with Gasteiger partial charge in [0.15, 0.2) is 0 Å². The molecule has 0 aromatic carbocycles. The molecule has 21 heavy (non-hydrogen) atoms. The summed E-state index contributed by atoms with van der Waals surface area (Å²) < 4.78 is 11.4. The molecule has 0 spiro atoms. The number of nitrogens with zero attached hydrogens (tertiary/aromatic N) is 1. The van der Waals surface area contributed by atoms with Crippen molar-refractivity contribution in [3.8, 4) is 0 Å². The van der Waals surface area contributed by atoms with Gasteiger partial charge in [0.2, 0.25) is 0 Å². The topological polar surface area (TPSA) is 50.8 Å². The minimum atomic E-state index is -0.365. The molecule has 2 saturated heterocycles. The van der Waals surface area contributed by atoms with Gasteiger partial charge in [-0.25, -0.2) is 0 Å². The van der Waals surface area contributed by atoms with Crippen LogP contribution in [-0.4, -0.2) is 62.4 Å². The van der Waals surface area contributed by atoms with E-state index in [2.05, 4.69) is 5.32 Å². The Kier molecular flexibility index (Phi) is 8.56. The largest absolute Gasteiger partial charge is 0.376 e. The van der Waals surface area contributed by atoms with Crippen molar-refractivity contribution in [2.75, 3.05) is 33.4 Å². The Bertz CT molecular complexity index is 311. The van der Waals surface area contributed by atoms with E-state index in [1.807, 2.05) is 18.9 Å². The second kappa shape index (κ2) is 9.62. The van der Waals surface area contributed by atoms with E-state index in [1.165, 1.54) is 6.42 Å². The highest BCUT2D eigenvalue weighted by molar-refractivity contribution is 5.85. The van der Waals surface area contributed by atoms with Gasteiger partial charge in [0, 0.05) is 25.7 Å². The number of hydrogen-bond donors (Lipinski definition) is 1. The summed E-state index contributed by atoms with van der Waals surface area (Å²) in [7, 11) is 1.96. The Balaban J connectivity index is 0.00000220. The summed E-state index contributed by atoms with van der Waals surface area (Å²) in [5, 5.41) is 3.26. The molecule has 3 unspecified atom stereocenters. The zero-order valence-corrected chi connectivity index (χ0v) is 14.0. The van der Waals surface area contributed by atoms with Gasteiger partial charge in [-0.1, -0.05) is 0 Å². The summed E-state index contributed by atoms with van der Waals surface area (Å²) in [5.74, 6) is 0.112. The number of carbonyl (C=O) groups is 1. The third-order valence-electron chi connectivity index (χ3n) is 4.30. The zero-order chi connectivity index (χ0) is 14.4. The fourth-order valence-corrected chi connectivity index (χ4v) is 2.93. The third kappa shape index (κ3) is 5.74. The molecule has 2 fully saturated rings. The molecule has 0 aliphatic carbocycles. The number of amides is 1. The summed E-state index contributed by atoms with van der Waals surface area (Å²) in [5.41, 5.74) is 0. The zero-order valence-electron chi connectivity index (χ0n) is 13.2. The maximum absolute atomic E-state index is 12.4. The number of likely N-dealkylation sites (N-methyl/N-ethyl adjacent to an activating group) is 1. The predicted molar refractivity (Wildman–Crippen MR) is 84.9 cm³/mol. The van der Waals surface area contributed by atoms with Crippen molar-refractivity contribution in [1.29, 1.82) is 0 Å². The average molecular weight is 321 g/mol. The van der Waals surface area contributed by atoms with Crippen LogP contribution in [0.3, 0.4) is 0 Å². The SMILES string of the molecule is CNC1CCCN(C(=O)C(C)OCC2CCCCO2)C1.Cl. The van der Waals surface area contributed by atoms with Gasteiger partial charge < -0.3 is 19.7 Å². The van der Waals surface area contributed by atoms with Crippen LogP contribution in [0.4, 0.5) is 0 Å². The first-order valence-corrected chi connectivity index (χ1v) is 7.90. The lowest BCUT2D eigenvalue weighted by atomic mass is 10.1. The summed E-state index contributed by atoms with van der Waals surface area (Å²) in [6.45, 7) is 4.87. The van der Waals surface area contributed by atoms with Gasteiger partial charge in [0.05, 0.1) is 12.7 Å². The van der Waals surface area contributed by atoms with Crippen LogP contribution in [0, 0.1) is 0 Å². The van der Waals surface area contributed by atoms with E-state index >= 15 is 0 Å². The molecular formula is C15H29ClN2O3. The first-order valence-electron chi connectivity index (χ1n) is 7.90. The van der Waals surface area contributed by atoms with Gasteiger partial charge in [-0.2, -0.15) is 0 Å². The highest BCUT2D eigenvalue weighted by atomic mass is 35.5. The van der Waals surface area contributed by atoms with Gasteiger partial charge in [-0.15, -0.1) is 12.4 Å². The highest BCUT2D eigenvalue weighted by Crippen LogP contribution is 2.15. The molecule has 6 heteroatoms. The molecule has 2 heterocycles. The molecule has 0 bridgehead atoms. The third-order valence-corrected chi connectivity index (χ3v) is 4.30. The standard InChI is InChI=1S/C15H28N2O3.ClH/c1-12(20-11-14-7-3-4-9-19-14)15(18)17-8-5-6-13(10-17)16-2;/h12-14,16H,3-11H2,1-2H3;1H. The summed E-state index contributed by atoms with van der Waals surface area (Å²) in [4.78, 5) is 14.3. The van der Waals surface area contributed by atoms with Crippen LogP contribution in [0.2, 0.25) is 0 Å². The Labute approximate surface area is 134 Å². The first-order chi connectivity index (χ1) is 9.70. The average Bonchev–Trinajstić information content (AvgIpc) is 2.53. The Morgan fingerprint density at radius 1 is 1.38 bits per heavy atom. The normalized spacial score (nSPS) is 27.8. The molecule has 0 aromatic rings. The van der Waals surface area contributed by atoms with E-state index in [0.29, 0.717) is 12.6 Å². The lowest BCUT2D eigenvalue weighted by Crippen LogP contribution is -2.50. The van der Waals surface area contributed by atoms with Crippen LogP contribution in [0.15, 0.2) is 0 Å². The highest BCUT2D eigenvalue weighted by Gasteiger charge is 2.27. The van der Waals surface area contributed by atoms with Gasteiger partial charge >= 0.3 is 0 Å². The smallest absolute Gasteiger partial charge is 0.251 e. The summed E-state index contributed by atoms with van der Waals surface area (Å²) in [6.07, 6.45) is 5.41. The Morgan fingerprint density at radius 3 is 2.86 bits per heavy atom. The molecule has 2 aliphatic rings. The molecule has 2 rings (SSSR count). The maximum Gasteiger partial charge on any atom is 0.251 e. The number of likely N-dealkylation sites (tertiary alicyclic amines) is 1. The van der Waals surface area contributed by atoms with Crippen LogP contribution in [-0.2, 0) is 14.3 Å². The molecular weight excluding hydrogens is 292 g/mol. The van der Waals surface area contributed by atoms with Crippen molar-refractivity contribution in [1.82, 2.24) is 10.2 Å². The quantitative estimate of drug-likeness (QED) is 0.836. The lowest BCUT2D eigenvalue weighted by Gasteiger charge is -2.34. The lowest BCUT2D eigenvalue weighted by molar-refractivity contribution is -0.147. The van der Waals surface area contributed by atoms with E-state index in [-0.39, 0.29) is 30.5 Å². The maximum atomic E-state index is 12.4. The molecule has 5 nitrogen and oxygen atoms in total. The van der Waals surface area contributed by atoms with E-state index in [9.17, 15) is 4.79 Å². The van der Waals surface area contributed by atoms with Crippen LogP contribution < -0.4 is 5.32 Å². The Hall–Kier alpha value is -0.360.